The Morgan fingerprint density at radius 3 is 2.41 bits per heavy atom. The van der Waals surface area contributed by atoms with Crippen LogP contribution in [0.4, 0.5) is 5.69 Å². The molecule has 142 valence electrons. The normalized spacial score (nSPS) is 22.4. The van der Waals surface area contributed by atoms with Crippen molar-refractivity contribution in [2.75, 3.05) is 11.9 Å². The minimum atomic E-state index is -1.05. The Morgan fingerprint density at radius 2 is 1.81 bits per heavy atom. The third kappa shape index (κ3) is 3.92. The van der Waals surface area contributed by atoms with Crippen LogP contribution in [0.1, 0.15) is 25.3 Å². The number of fused-ring (bicyclic) bond motifs is 1. The molecule has 0 aromatic heterocycles. The van der Waals surface area contributed by atoms with Gasteiger partial charge in [-0.2, -0.15) is 0 Å². The highest BCUT2D eigenvalue weighted by molar-refractivity contribution is 6.08. The van der Waals surface area contributed by atoms with E-state index in [2.05, 4.69) is 5.32 Å². The predicted octanol–water partition coefficient (Wildman–Crippen LogP) is 1.82. The first-order valence-electron chi connectivity index (χ1n) is 8.93. The fraction of sp³-hybridized carbons (Fsp3) is 0.400. The van der Waals surface area contributed by atoms with Crippen molar-refractivity contribution in [1.29, 1.82) is 0 Å². The molecule has 1 aromatic rings. The number of benzene rings is 1. The fourth-order valence-corrected chi connectivity index (χ4v) is 3.49. The van der Waals surface area contributed by atoms with E-state index in [9.17, 15) is 19.2 Å². The van der Waals surface area contributed by atoms with E-state index >= 15 is 0 Å². The molecule has 0 spiro atoms. The van der Waals surface area contributed by atoms with E-state index in [4.69, 9.17) is 4.74 Å². The van der Waals surface area contributed by atoms with Crippen molar-refractivity contribution in [3.63, 3.8) is 0 Å². The number of allylic oxidation sites excluding steroid dienone is 2. The van der Waals surface area contributed by atoms with E-state index in [1.807, 2.05) is 25.1 Å². The molecular weight excluding hydrogens is 348 g/mol. The number of hydrogen-bond donors (Lipinski definition) is 1. The van der Waals surface area contributed by atoms with Crippen molar-refractivity contribution in [2.45, 2.75) is 32.7 Å². The number of imide groups is 1. The highest BCUT2D eigenvalue weighted by atomic mass is 16.5. The largest absolute Gasteiger partial charge is 0.454 e. The van der Waals surface area contributed by atoms with Crippen LogP contribution in [0.15, 0.2) is 36.4 Å². The third-order valence-electron chi connectivity index (χ3n) is 4.92. The summed E-state index contributed by atoms with van der Waals surface area (Å²) in [6.07, 6.45) is 4.78. The van der Waals surface area contributed by atoms with Crippen molar-refractivity contribution >= 4 is 29.4 Å². The Hall–Kier alpha value is -2.96. The summed E-state index contributed by atoms with van der Waals surface area (Å²) in [6.45, 7) is 2.86. The minimum absolute atomic E-state index is 0.344. The van der Waals surface area contributed by atoms with Crippen LogP contribution in [0.5, 0.6) is 0 Å². The molecule has 1 aliphatic carbocycles. The van der Waals surface area contributed by atoms with Gasteiger partial charge in [0.1, 0.15) is 6.04 Å². The second kappa shape index (κ2) is 7.73. The van der Waals surface area contributed by atoms with E-state index in [0.717, 1.165) is 10.5 Å². The first-order valence-corrected chi connectivity index (χ1v) is 8.93. The quantitative estimate of drug-likeness (QED) is 0.485. The van der Waals surface area contributed by atoms with Gasteiger partial charge in [0, 0.05) is 5.69 Å². The first-order chi connectivity index (χ1) is 12.9. The van der Waals surface area contributed by atoms with Gasteiger partial charge in [-0.05, 0) is 44.4 Å². The third-order valence-corrected chi connectivity index (χ3v) is 4.92. The number of ether oxygens (including phenoxy) is 1. The molecule has 27 heavy (non-hydrogen) atoms. The second-order valence-electron chi connectivity index (χ2n) is 6.90. The van der Waals surface area contributed by atoms with Crippen molar-refractivity contribution < 1.29 is 23.9 Å². The average Bonchev–Trinajstić information content (AvgIpc) is 2.90. The Morgan fingerprint density at radius 1 is 1.19 bits per heavy atom. The van der Waals surface area contributed by atoms with Crippen molar-refractivity contribution in [1.82, 2.24) is 4.90 Å². The molecule has 1 fully saturated rings. The van der Waals surface area contributed by atoms with E-state index in [0.29, 0.717) is 18.5 Å². The van der Waals surface area contributed by atoms with Gasteiger partial charge in [-0.1, -0.05) is 24.3 Å². The van der Waals surface area contributed by atoms with Gasteiger partial charge in [0.05, 0.1) is 11.8 Å². The second-order valence-corrected chi connectivity index (χ2v) is 6.90. The van der Waals surface area contributed by atoms with E-state index < -0.39 is 36.4 Å². The van der Waals surface area contributed by atoms with Gasteiger partial charge < -0.3 is 10.1 Å². The zero-order valence-electron chi connectivity index (χ0n) is 15.3. The summed E-state index contributed by atoms with van der Waals surface area (Å²) >= 11 is 0. The van der Waals surface area contributed by atoms with Gasteiger partial charge in [-0.3, -0.25) is 19.3 Å². The Labute approximate surface area is 157 Å². The summed E-state index contributed by atoms with van der Waals surface area (Å²) in [5.41, 5.74) is 1.59. The number of hydrogen-bond acceptors (Lipinski definition) is 5. The molecule has 1 saturated heterocycles. The average molecular weight is 370 g/mol. The summed E-state index contributed by atoms with van der Waals surface area (Å²) in [6, 6.07) is 6.17. The molecule has 1 heterocycles. The van der Waals surface area contributed by atoms with Crippen molar-refractivity contribution in [2.24, 2.45) is 11.8 Å². The number of carbonyl (C=O) groups is 4. The van der Waals surface area contributed by atoms with Gasteiger partial charge in [-0.15, -0.1) is 0 Å². The molecule has 7 heteroatoms. The molecule has 7 nitrogen and oxygen atoms in total. The molecule has 0 radical (unpaired) electrons. The van der Waals surface area contributed by atoms with E-state index in [-0.39, 0.29) is 11.8 Å². The first kappa shape index (κ1) is 18.8. The maximum atomic E-state index is 12.5. The van der Waals surface area contributed by atoms with Crippen LogP contribution in [-0.4, -0.2) is 41.2 Å². The van der Waals surface area contributed by atoms with E-state index in [1.165, 1.54) is 6.92 Å². The maximum Gasteiger partial charge on any atom is 0.329 e. The Bertz CT molecular complexity index is 790. The monoisotopic (exact) mass is 370 g/mol. The summed E-state index contributed by atoms with van der Waals surface area (Å²) < 4.78 is 5.02. The van der Waals surface area contributed by atoms with Gasteiger partial charge in [0.2, 0.25) is 11.8 Å². The number of nitrogens with one attached hydrogen (secondary N) is 1. The number of nitrogens with zero attached hydrogens (tertiary/aromatic N) is 1. The van der Waals surface area contributed by atoms with Crippen LogP contribution in [0.2, 0.25) is 0 Å². The zero-order chi connectivity index (χ0) is 19.6. The summed E-state index contributed by atoms with van der Waals surface area (Å²) in [5, 5.41) is 2.63. The van der Waals surface area contributed by atoms with E-state index in [1.54, 1.807) is 18.2 Å². The van der Waals surface area contributed by atoms with Gasteiger partial charge in [0.15, 0.2) is 6.61 Å². The molecule has 0 bridgehead atoms. The van der Waals surface area contributed by atoms with Crippen LogP contribution < -0.4 is 5.32 Å². The number of anilines is 1. The number of amides is 3. The highest BCUT2D eigenvalue weighted by Crippen LogP contribution is 2.36. The molecule has 2 aliphatic rings. The summed E-state index contributed by atoms with van der Waals surface area (Å²) in [4.78, 5) is 50.2. The molecular formula is C20H22N2O5. The lowest BCUT2D eigenvalue weighted by Gasteiger charge is -2.21. The van der Waals surface area contributed by atoms with Crippen LogP contribution >= 0.6 is 0 Å². The lowest BCUT2D eigenvalue weighted by molar-refractivity contribution is -0.159. The molecule has 1 aromatic carbocycles. The molecule has 3 amide bonds. The Kier molecular flexibility index (Phi) is 5.39. The lowest BCUT2D eigenvalue weighted by atomic mass is 9.85. The van der Waals surface area contributed by atoms with Crippen molar-refractivity contribution in [3.8, 4) is 0 Å². The number of rotatable bonds is 5. The molecule has 1 aliphatic heterocycles. The molecule has 0 unspecified atom stereocenters. The standard InChI is InChI=1S/C20H22N2O5/c1-12-6-5-7-14(10-12)21-17(23)11-27-20(26)13(2)22-18(24)15-8-3-4-9-16(15)19(22)25/h3-7,10,13,15-16H,8-9,11H2,1-2H3,(H,21,23)/t13-,15+,16+/m0/s1. The number of carbonyl (C=O) groups excluding carboxylic acids is 4. The van der Waals surface area contributed by atoms with Gasteiger partial charge in [-0.25, -0.2) is 4.79 Å². The zero-order valence-corrected chi connectivity index (χ0v) is 15.3. The van der Waals surface area contributed by atoms with Crippen LogP contribution in [0.3, 0.4) is 0 Å². The Balaban J connectivity index is 1.55. The number of aryl methyl sites for hydroxylation is 1. The molecule has 1 N–H and O–H groups in total. The summed E-state index contributed by atoms with van der Waals surface area (Å²) in [5.74, 6) is -2.75. The lowest BCUT2D eigenvalue weighted by Crippen LogP contribution is -2.45. The molecule has 3 atom stereocenters. The number of likely N-dealkylation sites (tertiary alicyclic amines) is 1. The van der Waals surface area contributed by atoms with Crippen molar-refractivity contribution in [3.05, 3.63) is 42.0 Å². The SMILES string of the molecule is Cc1cccc(NC(=O)COC(=O)[C@H](C)N2C(=O)[C@@H]3CC=CC[C@H]3C2=O)c1. The predicted molar refractivity (Wildman–Crippen MR) is 97.4 cm³/mol. The molecule has 3 rings (SSSR count). The van der Waals surface area contributed by atoms with Gasteiger partial charge in [0.25, 0.3) is 5.91 Å². The minimum Gasteiger partial charge on any atom is -0.454 e. The van der Waals surface area contributed by atoms with Crippen LogP contribution in [-0.2, 0) is 23.9 Å². The maximum absolute atomic E-state index is 12.5. The highest BCUT2D eigenvalue weighted by Gasteiger charge is 2.50. The van der Waals surface area contributed by atoms with Crippen LogP contribution in [0, 0.1) is 18.8 Å². The molecule has 0 saturated carbocycles. The topological polar surface area (TPSA) is 92.8 Å². The van der Waals surface area contributed by atoms with Crippen LogP contribution in [0.25, 0.3) is 0 Å². The smallest absolute Gasteiger partial charge is 0.329 e. The summed E-state index contributed by atoms with van der Waals surface area (Å²) in [7, 11) is 0. The van der Waals surface area contributed by atoms with Gasteiger partial charge >= 0.3 is 5.97 Å². The number of esters is 1. The fourth-order valence-electron chi connectivity index (χ4n) is 3.49.